The molecule has 0 spiro atoms. The second-order valence-electron chi connectivity index (χ2n) is 5.44. The minimum Gasteiger partial charge on any atom is -0.326 e. The number of hydrogen-bond donors (Lipinski definition) is 2. The maximum absolute atomic E-state index is 12.3. The van der Waals surface area contributed by atoms with Crippen LogP contribution >= 0.6 is 12.4 Å². The van der Waals surface area contributed by atoms with Crippen LogP contribution in [0.2, 0.25) is 0 Å². The van der Waals surface area contributed by atoms with Gasteiger partial charge in [0.1, 0.15) is 0 Å². The van der Waals surface area contributed by atoms with Gasteiger partial charge < -0.3 is 10.6 Å². The average molecular weight is 283 g/mol. The highest BCUT2D eigenvalue weighted by Gasteiger charge is 2.36. The van der Waals surface area contributed by atoms with E-state index in [-0.39, 0.29) is 23.7 Å². The normalized spacial score (nSPS) is 21.8. The first-order chi connectivity index (χ1) is 8.55. The molecule has 1 aliphatic heterocycles. The van der Waals surface area contributed by atoms with Gasteiger partial charge in [-0.15, -0.1) is 12.4 Å². The van der Waals surface area contributed by atoms with Gasteiger partial charge in [0.2, 0.25) is 5.91 Å². The molecule has 1 fully saturated rings. The molecule has 2 rings (SSSR count). The molecule has 0 bridgehead atoms. The predicted octanol–water partition coefficient (Wildman–Crippen LogP) is 2.92. The van der Waals surface area contributed by atoms with E-state index in [1.54, 1.807) is 0 Å². The summed E-state index contributed by atoms with van der Waals surface area (Å²) in [5.74, 6) is 0.124. The van der Waals surface area contributed by atoms with Gasteiger partial charge in [-0.1, -0.05) is 13.0 Å². The number of hydrogen-bond acceptors (Lipinski definition) is 2. The van der Waals surface area contributed by atoms with E-state index in [2.05, 4.69) is 36.6 Å². The van der Waals surface area contributed by atoms with Crippen molar-refractivity contribution in [1.82, 2.24) is 5.32 Å². The summed E-state index contributed by atoms with van der Waals surface area (Å²) in [5.41, 5.74) is 3.22. The summed E-state index contributed by atoms with van der Waals surface area (Å²) >= 11 is 0. The number of carbonyl (C=O) groups excluding carboxylic acids is 1. The monoisotopic (exact) mass is 282 g/mol. The third-order valence-electron chi connectivity index (χ3n) is 3.90. The largest absolute Gasteiger partial charge is 0.326 e. The molecule has 1 aromatic carbocycles. The Balaban J connectivity index is 0.00000180. The standard InChI is InChI=1S/C15H22N2O.ClH/c1-4-12-9-13(6-5-11(12)2)17-14(18)15(3)7-8-16-10-15;/h5-6,9,16H,4,7-8,10H2,1-3H3,(H,17,18);1H. The van der Waals surface area contributed by atoms with E-state index >= 15 is 0 Å². The Morgan fingerprint density at radius 1 is 1.47 bits per heavy atom. The fourth-order valence-electron chi connectivity index (χ4n) is 2.42. The summed E-state index contributed by atoms with van der Waals surface area (Å²) in [6.45, 7) is 7.96. The van der Waals surface area contributed by atoms with Crippen LogP contribution in [0.4, 0.5) is 5.69 Å². The molecular formula is C15H23ClN2O. The third-order valence-corrected chi connectivity index (χ3v) is 3.90. The summed E-state index contributed by atoms with van der Waals surface area (Å²) in [6.07, 6.45) is 1.90. The van der Waals surface area contributed by atoms with Gasteiger partial charge in [-0.2, -0.15) is 0 Å². The van der Waals surface area contributed by atoms with Crippen LogP contribution in [0.3, 0.4) is 0 Å². The Labute approximate surface area is 121 Å². The molecule has 4 heteroatoms. The van der Waals surface area contributed by atoms with Gasteiger partial charge in [-0.25, -0.2) is 0 Å². The van der Waals surface area contributed by atoms with Crippen LogP contribution in [0, 0.1) is 12.3 Å². The van der Waals surface area contributed by atoms with Gasteiger partial charge >= 0.3 is 0 Å². The summed E-state index contributed by atoms with van der Waals surface area (Å²) in [4.78, 5) is 12.3. The van der Waals surface area contributed by atoms with Crippen LogP contribution in [0.15, 0.2) is 18.2 Å². The van der Waals surface area contributed by atoms with E-state index < -0.39 is 0 Å². The molecule has 1 atom stereocenters. The quantitative estimate of drug-likeness (QED) is 0.895. The van der Waals surface area contributed by atoms with Crippen LogP contribution in [0.1, 0.15) is 31.4 Å². The van der Waals surface area contributed by atoms with E-state index in [9.17, 15) is 4.79 Å². The van der Waals surface area contributed by atoms with Crippen molar-refractivity contribution in [2.45, 2.75) is 33.6 Å². The summed E-state index contributed by atoms with van der Waals surface area (Å²) in [7, 11) is 0. The first kappa shape index (κ1) is 16.0. The van der Waals surface area contributed by atoms with E-state index in [4.69, 9.17) is 0 Å². The van der Waals surface area contributed by atoms with Crippen molar-refractivity contribution in [2.75, 3.05) is 18.4 Å². The van der Waals surface area contributed by atoms with Crippen molar-refractivity contribution in [1.29, 1.82) is 0 Å². The molecule has 1 unspecified atom stereocenters. The minimum absolute atomic E-state index is 0. The fraction of sp³-hybridized carbons (Fsp3) is 0.533. The zero-order chi connectivity index (χ0) is 13.2. The number of rotatable bonds is 3. The van der Waals surface area contributed by atoms with Crippen molar-refractivity contribution in [3.63, 3.8) is 0 Å². The molecule has 2 N–H and O–H groups in total. The minimum atomic E-state index is -0.267. The molecule has 0 saturated carbocycles. The lowest BCUT2D eigenvalue weighted by Crippen LogP contribution is -2.35. The molecule has 3 nitrogen and oxygen atoms in total. The summed E-state index contributed by atoms with van der Waals surface area (Å²) < 4.78 is 0. The van der Waals surface area contributed by atoms with E-state index in [1.165, 1.54) is 11.1 Å². The second-order valence-corrected chi connectivity index (χ2v) is 5.44. The SMILES string of the molecule is CCc1cc(NC(=O)C2(C)CCNC2)ccc1C.Cl. The average Bonchev–Trinajstić information content (AvgIpc) is 2.80. The van der Waals surface area contributed by atoms with Gasteiger partial charge in [-0.05, 0) is 56.5 Å². The molecule has 106 valence electrons. The molecule has 0 radical (unpaired) electrons. The topological polar surface area (TPSA) is 41.1 Å². The van der Waals surface area contributed by atoms with Crippen molar-refractivity contribution in [3.05, 3.63) is 29.3 Å². The number of halogens is 1. The molecule has 0 aliphatic carbocycles. The van der Waals surface area contributed by atoms with Crippen LogP contribution < -0.4 is 10.6 Å². The lowest BCUT2D eigenvalue weighted by molar-refractivity contribution is -0.123. The smallest absolute Gasteiger partial charge is 0.231 e. The first-order valence-corrected chi connectivity index (χ1v) is 6.67. The van der Waals surface area contributed by atoms with Gasteiger partial charge in [0.25, 0.3) is 0 Å². The van der Waals surface area contributed by atoms with Crippen LogP contribution in [0.5, 0.6) is 0 Å². The number of amides is 1. The molecule has 19 heavy (non-hydrogen) atoms. The maximum Gasteiger partial charge on any atom is 0.231 e. The fourth-order valence-corrected chi connectivity index (χ4v) is 2.42. The predicted molar refractivity (Wildman–Crippen MR) is 82.0 cm³/mol. The highest BCUT2D eigenvalue weighted by atomic mass is 35.5. The maximum atomic E-state index is 12.3. The lowest BCUT2D eigenvalue weighted by Gasteiger charge is -2.21. The number of benzene rings is 1. The Kier molecular flexibility index (Phi) is 5.39. The summed E-state index contributed by atoms with van der Waals surface area (Å²) in [6, 6.07) is 6.14. The van der Waals surface area contributed by atoms with Gasteiger partial charge in [0, 0.05) is 12.2 Å². The molecule has 1 heterocycles. The van der Waals surface area contributed by atoms with E-state index in [0.29, 0.717) is 0 Å². The Morgan fingerprint density at radius 3 is 2.79 bits per heavy atom. The zero-order valence-corrected chi connectivity index (χ0v) is 12.7. The molecule has 1 aliphatic rings. The highest BCUT2D eigenvalue weighted by molar-refractivity contribution is 5.95. The zero-order valence-electron chi connectivity index (χ0n) is 11.9. The molecule has 0 aromatic heterocycles. The first-order valence-electron chi connectivity index (χ1n) is 6.67. The summed E-state index contributed by atoms with van der Waals surface area (Å²) in [5, 5.41) is 6.30. The van der Waals surface area contributed by atoms with Gasteiger partial charge in [0.05, 0.1) is 5.41 Å². The Bertz CT molecular complexity index is 453. The Hall–Kier alpha value is -1.06. The number of carbonyl (C=O) groups is 1. The molecule has 1 saturated heterocycles. The van der Waals surface area contributed by atoms with Crippen molar-refractivity contribution in [2.24, 2.45) is 5.41 Å². The molecule has 1 amide bonds. The van der Waals surface area contributed by atoms with Gasteiger partial charge in [0.15, 0.2) is 0 Å². The van der Waals surface area contributed by atoms with Crippen LogP contribution in [-0.4, -0.2) is 19.0 Å². The lowest BCUT2D eigenvalue weighted by atomic mass is 9.88. The van der Waals surface area contributed by atoms with Crippen molar-refractivity contribution in [3.8, 4) is 0 Å². The highest BCUT2D eigenvalue weighted by Crippen LogP contribution is 2.27. The number of aryl methyl sites for hydroxylation is 2. The molecule has 1 aromatic rings. The van der Waals surface area contributed by atoms with E-state index in [0.717, 1.165) is 31.6 Å². The molecular weight excluding hydrogens is 260 g/mol. The van der Waals surface area contributed by atoms with Crippen LogP contribution in [-0.2, 0) is 11.2 Å². The second kappa shape index (κ2) is 6.40. The van der Waals surface area contributed by atoms with Gasteiger partial charge in [-0.3, -0.25) is 4.79 Å². The van der Waals surface area contributed by atoms with Crippen molar-refractivity contribution < 1.29 is 4.79 Å². The Morgan fingerprint density at radius 2 is 2.21 bits per heavy atom. The third kappa shape index (κ3) is 3.48. The van der Waals surface area contributed by atoms with E-state index in [1.807, 2.05) is 13.0 Å². The van der Waals surface area contributed by atoms with Crippen molar-refractivity contribution >= 4 is 24.0 Å². The number of nitrogens with one attached hydrogen (secondary N) is 2. The van der Waals surface area contributed by atoms with Crippen LogP contribution in [0.25, 0.3) is 0 Å². The number of anilines is 1.